The van der Waals surface area contributed by atoms with E-state index in [2.05, 4.69) is 13.8 Å². The second-order valence-corrected chi connectivity index (χ2v) is 3.92. The molecule has 0 spiro atoms. The van der Waals surface area contributed by atoms with Crippen molar-refractivity contribution in [1.29, 1.82) is 0 Å². The van der Waals surface area contributed by atoms with Crippen molar-refractivity contribution in [3.63, 3.8) is 0 Å². The Morgan fingerprint density at radius 1 is 1.23 bits per heavy atom. The second kappa shape index (κ2) is 6.84. The zero-order valence-corrected chi connectivity index (χ0v) is 8.73. The summed E-state index contributed by atoms with van der Waals surface area (Å²) in [6.45, 7) is 6.20. The van der Waals surface area contributed by atoms with E-state index in [-0.39, 0.29) is 12.0 Å². The van der Waals surface area contributed by atoms with Crippen molar-refractivity contribution >= 4 is 6.29 Å². The van der Waals surface area contributed by atoms with E-state index in [0.717, 1.165) is 19.1 Å². The van der Waals surface area contributed by atoms with Gasteiger partial charge in [-0.1, -0.05) is 26.8 Å². The first-order chi connectivity index (χ1) is 6.07. The molecule has 2 nitrogen and oxygen atoms in total. The maximum absolute atomic E-state index is 10.0. The van der Waals surface area contributed by atoms with Crippen LogP contribution in [0.1, 0.15) is 33.6 Å². The van der Waals surface area contributed by atoms with Crippen LogP contribution in [0.25, 0.3) is 0 Å². The Morgan fingerprint density at radius 3 is 2.31 bits per heavy atom. The van der Waals surface area contributed by atoms with E-state index >= 15 is 0 Å². The summed E-state index contributed by atoms with van der Waals surface area (Å²) in [5.74, 6) is 0.695. The molecule has 0 heterocycles. The Morgan fingerprint density at radius 2 is 1.85 bits per heavy atom. The highest BCUT2D eigenvalue weighted by Crippen LogP contribution is 2.14. The van der Waals surface area contributed by atoms with Crippen LogP contribution in [0.15, 0.2) is 12.2 Å². The number of aliphatic hydroxyl groups is 1. The van der Waals surface area contributed by atoms with Gasteiger partial charge >= 0.3 is 0 Å². The first-order valence-electron chi connectivity index (χ1n) is 4.88. The topological polar surface area (TPSA) is 37.3 Å². The zero-order valence-electron chi connectivity index (χ0n) is 8.73. The lowest BCUT2D eigenvalue weighted by molar-refractivity contribution is -0.104. The molecule has 0 aliphatic carbocycles. The summed E-state index contributed by atoms with van der Waals surface area (Å²) in [4.78, 5) is 10.0. The van der Waals surface area contributed by atoms with Crippen molar-refractivity contribution in [2.75, 3.05) is 0 Å². The van der Waals surface area contributed by atoms with Gasteiger partial charge in [0, 0.05) is 5.92 Å². The van der Waals surface area contributed by atoms with Crippen LogP contribution in [0.5, 0.6) is 0 Å². The van der Waals surface area contributed by atoms with Crippen LogP contribution in [-0.4, -0.2) is 17.5 Å². The average Bonchev–Trinajstić information content (AvgIpc) is 2.10. The fourth-order valence-electron chi connectivity index (χ4n) is 1.12. The third-order valence-corrected chi connectivity index (χ3v) is 2.14. The normalized spacial score (nSPS) is 16.4. The smallest absolute Gasteiger partial charge is 0.142 e. The van der Waals surface area contributed by atoms with Crippen molar-refractivity contribution in [3.05, 3.63) is 12.2 Å². The zero-order chi connectivity index (χ0) is 10.3. The molecule has 0 fully saturated rings. The fraction of sp³-hybridized carbons (Fsp3) is 0.727. The number of allylic oxidation sites excluding steroid dienone is 1. The minimum atomic E-state index is -0.321. The van der Waals surface area contributed by atoms with Gasteiger partial charge in [0.05, 0.1) is 6.10 Å². The van der Waals surface area contributed by atoms with E-state index < -0.39 is 0 Å². The summed E-state index contributed by atoms with van der Waals surface area (Å²) < 4.78 is 0. The van der Waals surface area contributed by atoms with Gasteiger partial charge in [0.15, 0.2) is 0 Å². The molecular weight excluding hydrogens is 164 g/mol. The van der Waals surface area contributed by atoms with E-state index in [1.165, 1.54) is 6.08 Å². The quantitative estimate of drug-likeness (QED) is 0.507. The standard InChI is InChI=1S/C11H20O2/c1-9(2)6-7-11(13)10(3)5-4-8-12/h4-5,8-11,13H,6-7H2,1-3H3/b5-4+. The molecular formula is C11H20O2. The molecule has 0 aliphatic heterocycles. The summed E-state index contributed by atoms with van der Waals surface area (Å²) in [6, 6.07) is 0. The van der Waals surface area contributed by atoms with Crippen LogP contribution < -0.4 is 0 Å². The third-order valence-electron chi connectivity index (χ3n) is 2.14. The molecule has 76 valence electrons. The summed E-state index contributed by atoms with van der Waals surface area (Å²) in [6.07, 6.45) is 5.45. The van der Waals surface area contributed by atoms with E-state index in [9.17, 15) is 9.90 Å². The van der Waals surface area contributed by atoms with Crippen LogP contribution in [0.2, 0.25) is 0 Å². The minimum Gasteiger partial charge on any atom is -0.393 e. The van der Waals surface area contributed by atoms with Crippen LogP contribution in [0.4, 0.5) is 0 Å². The molecule has 2 atom stereocenters. The minimum absolute atomic E-state index is 0.0731. The first-order valence-corrected chi connectivity index (χ1v) is 4.88. The highest BCUT2D eigenvalue weighted by Gasteiger charge is 2.11. The van der Waals surface area contributed by atoms with Gasteiger partial charge in [-0.15, -0.1) is 0 Å². The maximum Gasteiger partial charge on any atom is 0.142 e. The number of hydrogen-bond acceptors (Lipinski definition) is 2. The number of hydrogen-bond donors (Lipinski definition) is 1. The van der Waals surface area contributed by atoms with Crippen molar-refractivity contribution in [1.82, 2.24) is 0 Å². The molecule has 0 radical (unpaired) electrons. The van der Waals surface area contributed by atoms with Crippen LogP contribution in [0.3, 0.4) is 0 Å². The van der Waals surface area contributed by atoms with Gasteiger partial charge in [0.1, 0.15) is 6.29 Å². The van der Waals surface area contributed by atoms with Gasteiger partial charge in [-0.2, -0.15) is 0 Å². The highest BCUT2D eigenvalue weighted by molar-refractivity contribution is 5.64. The summed E-state index contributed by atoms with van der Waals surface area (Å²) in [5, 5.41) is 9.63. The molecule has 0 saturated carbocycles. The van der Waals surface area contributed by atoms with E-state index in [0.29, 0.717) is 5.92 Å². The van der Waals surface area contributed by atoms with Gasteiger partial charge in [0.2, 0.25) is 0 Å². The van der Waals surface area contributed by atoms with Crippen molar-refractivity contribution < 1.29 is 9.90 Å². The number of aliphatic hydroxyl groups excluding tert-OH is 1. The molecule has 0 saturated heterocycles. The Hall–Kier alpha value is -0.630. The molecule has 2 unspecified atom stereocenters. The molecule has 0 bridgehead atoms. The van der Waals surface area contributed by atoms with Crippen LogP contribution in [0, 0.1) is 11.8 Å². The van der Waals surface area contributed by atoms with Gasteiger partial charge in [-0.25, -0.2) is 0 Å². The summed E-state index contributed by atoms with van der Waals surface area (Å²) in [7, 11) is 0. The maximum atomic E-state index is 10.0. The Kier molecular flexibility index (Phi) is 6.51. The SMILES string of the molecule is CC(C)CCC(O)C(C)/C=C/C=O. The molecule has 1 N–H and O–H groups in total. The predicted molar refractivity (Wildman–Crippen MR) is 54.4 cm³/mol. The summed E-state index contributed by atoms with van der Waals surface area (Å²) >= 11 is 0. The lowest BCUT2D eigenvalue weighted by atomic mass is 9.96. The lowest BCUT2D eigenvalue weighted by Gasteiger charge is -2.16. The fourth-order valence-corrected chi connectivity index (χ4v) is 1.12. The molecule has 0 aromatic heterocycles. The average molecular weight is 184 g/mol. The Balaban J connectivity index is 3.74. The Labute approximate surface area is 80.7 Å². The predicted octanol–water partition coefficient (Wildman–Crippen LogP) is 2.17. The molecule has 0 amide bonds. The van der Waals surface area contributed by atoms with Gasteiger partial charge < -0.3 is 5.11 Å². The number of carbonyl (C=O) groups excluding carboxylic acids is 1. The number of carbonyl (C=O) groups is 1. The van der Waals surface area contributed by atoms with Gasteiger partial charge in [-0.05, 0) is 24.8 Å². The van der Waals surface area contributed by atoms with Crippen LogP contribution >= 0.6 is 0 Å². The number of rotatable bonds is 6. The molecule has 0 aromatic carbocycles. The van der Waals surface area contributed by atoms with E-state index in [1.54, 1.807) is 6.08 Å². The molecule has 0 aromatic rings. The molecule has 0 aliphatic rings. The van der Waals surface area contributed by atoms with Gasteiger partial charge in [0.25, 0.3) is 0 Å². The van der Waals surface area contributed by atoms with Gasteiger partial charge in [-0.3, -0.25) is 4.79 Å². The monoisotopic (exact) mass is 184 g/mol. The van der Waals surface area contributed by atoms with E-state index in [4.69, 9.17) is 0 Å². The van der Waals surface area contributed by atoms with Crippen molar-refractivity contribution in [2.45, 2.75) is 39.7 Å². The summed E-state index contributed by atoms with van der Waals surface area (Å²) in [5.41, 5.74) is 0. The highest BCUT2D eigenvalue weighted by atomic mass is 16.3. The first kappa shape index (κ1) is 12.4. The second-order valence-electron chi connectivity index (χ2n) is 3.92. The molecule has 2 heteroatoms. The lowest BCUT2D eigenvalue weighted by Crippen LogP contribution is -2.16. The van der Waals surface area contributed by atoms with Crippen LogP contribution in [-0.2, 0) is 4.79 Å². The van der Waals surface area contributed by atoms with Crippen molar-refractivity contribution in [2.24, 2.45) is 11.8 Å². The van der Waals surface area contributed by atoms with E-state index in [1.807, 2.05) is 6.92 Å². The largest absolute Gasteiger partial charge is 0.393 e. The molecule has 0 rings (SSSR count). The number of aldehydes is 1. The van der Waals surface area contributed by atoms with Crippen molar-refractivity contribution in [3.8, 4) is 0 Å². The third kappa shape index (κ3) is 6.52. The molecule has 13 heavy (non-hydrogen) atoms. The Bertz CT molecular complexity index is 161.